The van der Waals surface area contributed by atoms with Crippen molar-refractivity contribution < 1.29 is 13.9 Å². The van der Waals surface area contributed by atoms with Gasteiger partial charge in [0.1, 0.15) is 11.3 Å². The highest BCUT2D eigenvalue weighted by atomic mass is 16.5. The van der Waals surface area contributed by atoms with Crippen LogP contribution in [-0.2, 0) is 6.54 Å². The second kappa shape index (κ2) is 6.52. The molecule has 0 saturated heterocycles. The lowest BCUT2D eigenvalue weighted by Crippen LogP contribution is -2.22. The number of benzene rings is 2. The third-order valence-electron chi connectivity index (χ3n) is 4.39. The van der Waals surface area contributed by atoms with Gasteiger partial charge in [0.2, 0.25) is 0 Å². The predicted molar refractivity (Wildman–Crippen MR) is 100 cm³/mol. The molecule has 0 unspecified atom stereocenters. The Morgan fingerprint density at radius 3 is 2.65 bits per heavy atom. The molecule has 0 saturated carbocycles. The maximum atomic E-state index is 12.5. The van der Waals surface area contributed by atoms with Crippen LogP contribution in [0.3, 0.4) is 0 Å². The first-order chi connectivity index (χ1) is 12.7. The summed E-state index contributed by atoms with van der Waals surface area (Å²) in [6, 6.07) is 17.1. The van der Waals surface area contributed by atoms with E-state index in [2.05, 4.69) is 10.3 Å². The predicted octanol–water partition coefficient (Wildman–Crippen LogP) is 4.23. The Morgan fingerprint density at radius 2 is 1.88 bits per heavy atom. The van der Waals surface area contributed by atoms with Crippen LogP contribution < -0.4 is 10.1 Å². The smallest absolute Gasteiger partial charge is 0.287 e. The number of hydrogen-bond acceptors (Lipinski definition) is 4. The molecular weight excluding hydrogens is 328 g/mol. The van der Waals surface area contributed by atoms with Crippen molar-refractivity contribution in [1.29, 1.82) is 0 Å². The third kappa shape index (κ3) is 2.88. The molecule has 4 rings (SSSR count). The highest BCUT2D eigenvalue weighted by Gasteiger charge is 2.16. The molecule has 2 aromatic heterocycles. The monoisotopic (exact) mass is 346 g/mol. The molecule has 4 aromatic rings. The van der Waals surface area contributed by atoms with Crippen LogP contribution in [0.1, 0.15) is 21.8 Å². The van der Waals surface area contributed by atoms with Gasteiger partial charge in [-0.2, -0.15) is 0 Å². The van der Waals surface area contributed by atoms with E-state index in [-0.39, 0.29) is 11.7 Å². The van der Waals surface area contributed by atoms with Gasteiger partial charge in [0.15, 0.2) is 5.76 Å². The van der Waals surface area contributed by atoms with Crippen molar-refractivity contribution in [2.45, 2.75) is 13.5 Å². The number of furan rings is 1. The van der Waals surface area contributed by atoms with Gasteiger partial charge in [-0.25, -0.2) is 0 Å². The lowest BCUT2D eigenvalue weighted by atomic mass is 10.1. The molecule has 0 radical (unpaired) electrons. The van der Waals surface area contributed by atoms with Crippen molar-refractivity contribution in [3.8, 4) is 5.75 Å². The maximum Gasteiger partial charge on any atom is 0.287 e. The molecule has 1 amide bonds. The van der Waals surface area contributed by atoms with Crippen molar-refractivity contribution in [2.24, 2.45) is 0 Å². The number of carbonyl (C=O) groups is 1. The zero-order valence-corrected chi connectivity index (χ0v) is 14.6. The molecule has 26 heavy (non-hydrogen) atoms. The van der Waals surface area contributed by atoms with Crippen LogP contribution in [0, 0.1) is 6.92 Å². The minimum absolute atomic E-state index is 0.250. The topological polar surface area (TPSA) is 64.4 Å². The number of carbonyl (C=O) groups excluding carboxylic acids is 1. The quantitative estimate of drug-likeness (QED) is 0.601. The summed E-state index contributed by atoms with van der Waals surface area (Å²) in [5.74, 6) is 0.822. The molecule has 0 aliphatic heterocycles. The van der Waals surface area contributed by atoms with E-state index in [0.29, 0.717) is 12.1 Å². The van der Waals surface area contributed by atoms with E-state index in [1.54, 1.807) is 13.2 Å². The summed E-state index contributed by atoms with van der Waals surface area (Å²) < 4.78 is 11.0. The molecule has 0 aliphatic carbocycles. The van der Waals surface area contributed by atoms with Crippen molar-refractivity contribution in [3.63, 3.8) is 0 Å². The van der Waals surface area contributed by atoms with E-state index >= 15 is 0 Å². The number of pyridine rings is 1. The zero-order valence-electron chi connectivity index (χ0n) is 14.6. The number of hydrogen-bond donors (Lipinski definition) is 1. The normalized spacial score (nSPS) is 11.0. The maximum absolute atomic E-state index is 12.5. The largest absolute Gasteiger partial charge is 0.497 e. The first-order valence-corrected chi connectivity index (χ1v) is 8.36. The molecule has 0 spiro atoms. The van der Waals surface area contributed by atoms with E-state index in [4.69, 9.17) is 9.15 Å². The van der Waals surface area contributed by atoms with E-state index in [1.165, 1.54) is 0 Å². The molecule has 2 aromatic carbocycles. The Balaban J connectivity index is 1.60. The van der Waals surface area contributed by atoms with Crippen LogP contribution in [0.2, 0.25) is 0 Å². The Labute approximate surface area is 150 Å². The van der Waals surface area contributed by atoms with E-state index in [0.717, 1.165) is 33.3 Å². The number of ether oxygens (including phenoxy) is 1. The molecule has 2 heterocycles. The summed E-state index contributed by atoms with van der Waals surface area (Å²) in [6.45, 7) is 2.33. The number of nitrogens with zero attached hydrogens (tertiary/aromatic N) is 1. The SMILES string of the molecule is COc1ccc(CNC(=O)c2cc3c(C)nc4ccccc4c3o2)cc1. The van der Waals surface area contributed by atoms with Gasteiger partial charge in [0.05, 0.1) is 12.6 Å². The fourth-order valence-electron chi connectivity index (χ4n) is 2.99. The van der Waals surface area contributed by atoms with Crippen molar-refractivity contribution in [2.75, 3.05) is 7.11 Å². The number of nitrogens with one attached hydrogen (secondary N) is 1. The number of para-hydroxylation sites is 1. The average Bonchev–Trinajstić information content (AvgIpc) is 3.13. The second-order valence-electron chi connectivity index (χ2n) is 6.10. The number of rotatable bonds is 4. The standard InChI is InChI=1S/C21H18N2O3/c1-13-17-11-19(26-20(17)16-5-3-4-6-18(16)23-13)21(24)22-12-14-7-9-15(25-2)10-8-14/h3-11H,12H2,1-2H3,(H,22,24). The van der Waals surface area contributed by atoms with Gasteiger partial charge in [0, 0.05) is 23.0 Å². The highest BCUT2D eigenvalue weighted by molar-refractivity contribution is 6.06. The lowest BCUT2D eigenvalue weighted by Gasteiger charge is -2.04. The first kappa shape index (κ1) is 16.1. The molecule has 130 valence electrons. The summed E-state index contributed by atoms with van der Waals surface area (Å²) >= 11 is 0. The molecule has 0 atom stereocenters. The average molecular weight is 346 g/mol. The van der Waals surface area contributed by atoms with Gasteiger partial charge in [-0.15, -0.1) is 0 Å². The van der Waals surface area contributed by atoms with E-state index < -0.39 is 0 Å². The summed E-state index contributed by atoms with van der Waals surface area (Å²) in [4.78, 5) is 17.1. The molecule has 0 aliphatic rings. The van der Waals surface area contributed by atoms with Crippen LogP contribution >= 0.6 is 0 Å². The number of amides is 1. The van der Waals surface area contributed by atoms with Gasteiger partial charge in [0.25, 0.3) is 5.91 Å². The van der Waals surface area contributed by atoms with Crippen molar-refractivity contribution in [1.82, 2.24) is 10.3 Å². The Hall–Kier alpha value is -3.34. The Morgan fingerprint density at radius 1 is 1.12 bits per heavy atom. The van der Waals surface area contributed by atoms with Gasteiger partial charge in [-0.3, -0.25) is 9.78 Å². The van der Waals surface area contributed by atoms with Gasteiger partial charge in [-0.1, -0.05) is 24.3 Å². The molecule has 0 bridgehead atoms. The Bertz CT molecular complexity index is 1100. The summed E-state index contributed by atoms with van der Waals surface area (Å²) in [6.07, 6.45) is 0. The number of fused-ring (bicyclic) bond motifs is 3. The molecule has 5 nitrogen and oxygen atoms in total. The number of aryl methyl sites for hydroxylation is 1. The number of aromatic nitrogens is 1. The van der Waals surface area contributed by atoms with Crippen molar-refractivity contribution in [3.05, 3.63) is 71.6 Å². The first-order valence-electron chi connectivity index (χ1n) is 8.36. The van der Waals surface area contributed by atoms with Crippen LogP contribution in [-0.4, -0.2) is 18.0 Å². The fourth-order valence-corrected chi connectivity index (χ4v) is 2.99. The summed E-state index contributed by atoms with van der Waals surface area (Å²) in [5, 5.41) is 4.65. The fraction of sp³-hybridized carbons (Fsp3) is 0.143. The minimum Gasteiger partial charge on any atom is -0.497 e. The van der Waals surface area contributed by atoms with Crippen LogP contribution in [0.4, 0.5) is 0 Å². The minimum atomic E-state index is -0.250. The Kier molecular flexibility index (Phi) is 4.05. The van der Waals surface area contributed by atoms with Crippen LogP contribution in [0.25, 0.3) is 21.9 Å². The van der Waals surface area contributed by atoms with Crippen molar-refractivity contribution >= 4 is 27.8 Å². The highest BCUT2D eigenvalue weighted by Crippen LogP contribution is 2.29. The van der Waals surface area contributed by atoms with Gasteiger partial charge in [-0.05, 0) is 42.8 Å². The summed E-state index contributed by atoms with van der Waals surface area (Å²) in [7, 11) is 1.62. The molecule has 5 heteroatoms. The molecule has 0 fully saturated rings. The lowest BCUT2D eigenvalue weighted by molar-refractivity contribution is 0.0925. The van der Waals surface area contributed by atoms with Crippen LogP contribution in [0.5, 0.6) is 5.75 Å². The van der Waals surface area contributed by atoms with E-state index in [9.17, 15) is 4.79 Å². The second-order valence-corrected chi connectivity index (χ2v) is 6.10. The van der Waals surface area contributed by atoms with Gasteiger partial charge < -0.3 is 14.5 Å². The van der Waals surface area contributed by atoms with E-state index in [1.807, 2.05) is 55.5 Å². The van der Waals surface area contributed by atoms with Crippen LogP contribution in [0.15, 0.2) is 59.0 Å². The zero-order chi connectivity index (χ0) is 18.1. The van der Waals surface area contributed by atoms with Gasteiger partial charge >= 0.3 is 0 Å². The molecule has 1 N–H and O–H groups in total. The number of methoxy groups -OCH3 is 1. The molecular formula is C21H18N2O3. The third-order valence-corrected chi connectivity index (χ3v) is 4.39. The summed E-state index contributed by atoms with van der Waals surface area (Å²) in [5.41, 5.74) is 3.38.